The van der Waals surface area contributed by atoms with Crippen LogP contribution in [0.15, 0.2) is 21.3 Å². The zero-order chi connectivity index (χ0) is 11.8. The number of aromatic amines is 1. The zero-order valence-electron chi connectivity index (χ0n) is 9.12. The lowest BCUT2D eigenvalue weighted by Gasteiger charge is -2.29. The van der Waals surface area contributed by atoms with Gasteiger partial charge in [0.15, 0.2) is 5.58 Å². The lowest BCUT2D eigenvalue weighted by atomic mass is 10.2. The van der Waals surface area contributed by atoms with Crippen molar-refractivity contribution in [1.82, 2.24) is 10.3 Å². The summed E-state index contributed by atoms with van der Waals surface area (Å²) in [5.74, 6) is -0.446. The van der Waals surface area contributed by atoms with Crippen LogP contribution in [0, 0.1) is 0 Å². The van der Waals surface area contributed by atoms with Gasteiger partial charge in [0.05, 0.1) is 11.2 Å². The molecule has 17 heavy (non-hydrogen) atoms. The Bertz CT molecular complexity index is 598. The Morgan fingerprint density at radius 2 is 2.06 bits per heavy atom. The lowest BCUT2D eigenvalue weighted by Crippen LogP contribution is -2.43. The van der Waals surface area contributed by atoms with Crippen LogP contribution in [0.25, 0.3) is 11.1 Å². The van der Waals surface area contributed by atoms with Crippen molar-refractivity contribution in [2.24, 2.45) is 0 Å². The van der Waals surface area contributed by atoms with Gasteiger partial charge in [0.1, 0.15) is 0 Å². The minimum absolute atomic E-state index is 0.446. The van der Waals surface area contributed by atoms with Gasteiger partial charge in [-0.05, 0) is 12.1 Å². The molecule has 1 fully saturated rings. The van der Waals surface area contributed by atoms with Gasteiger partial charge in [0, 0.05) is 31.2 Å². The third kappa shape index (κ3) is 1.92. The van der Waals surface area contributed by atoms with Gasteiger partial charge < -0.3 is 14.6 Å². The molecule has 1 aromatic heterocycles. The maximum atomic E-state index is 11.2. The summed E-state index contributed by atoms with van der Waals surface area (Å²) < 4.78 is 5.18. The number of aromatic nitrogens is 1. The average molecular weight is 254 g/mol. The number of hydrogen-bond acceptors (Lipinski definition) is 4. The largest absolute Gasteiger partial charge is 0.417 e. The number of benzene rings is 1. The molecule has 5 nitrogen and oxygen atoms in total. The maximum Gasteiger partial charge on any atom is 0.417 e. The predicted octanol–water partition coefficient (Wildman–Crippen LogP) is 1.18. The quantitative estimate of drug-likeness (QED) is 0.801. The number of piperazine rings is 1. The summed E-state index contributed by atoms with van der Waals surface area (Å²) >= 11 is 6.05. The molecule has 6 heteroatoms. The van der Waals surface area contributed by atoms with Crippen molar-refractivity contribution in [3.8, 4) is 0 Å². The second-order valence-electron chi connectivity index (χ2n) is 4.05. The number of halogens is 1. The molecule has 0 bridgehead atoms. The van der Waals surface area contributed by atoms with Crippen LogP contribution >= 0.6 is 11.6 Å². The molecule has 2 N–H and O–H groups in total. The fourth-order valence-electron chi connectivity index (χ4n) is 2.15. The second kappa shape index (κ2) is 4.09. The Morgan fingerprint density at radius 1 is 1.29 bits per heavy atom. The van der Waals surface area contributed by atoms with Crippen molar-refractivity contribution in [1.29, 1.82) is 0 Å². The fourth-order valence-corrected chi connectivity index (χ4v) is 2.36. The first kappa shape index (κ1) is 10.7. The molecule has 0 aliphatic carbocycles. The normalized spacial score (nSPS) is 16.6. The molecule has 3 rings (SSSR count). The lowest BCUT2D eigenvalue weighted by molar-refractivity contribution is 0.548. The van der Waals surface area contributed by atoms with Gasteiger partial charge in [-0.2, -0.15) is 0 Å². The second-order valence-corrected chi connectivity index (χ2v) is 4.49. The summed E-state index contributed by atoms with van der Waals surface area (Å²) in [6.07, 6.45) is 0. The number of H-pyrrole nitrogens is 1. The highest BCUT2D eigenvalue weighted by Crippen LogP contribution is 2.29. The summed E-state index contributed by atoms with van der Waals surface area (Å²) in [6, 6.07) is 3.54. The third-order valence-corrected chi connectivity index (χ3v) is 3.14. The van der Waals surface area contributed by atoms with Crippen molar-refractivity contribution in [3.05, 3.63) is 27.7 Å². The number of anilines is 1. The van der Waals surface area contributed by atoms with Gasteiger partial charge in [-0.1, -0.05) is 11.6 Å². The molecule has 1 aliphatic rings. The van der Waals surface area contributed by atoms with E-state index < -0.39 is 5.76 Å². The maximum absolute atomic E-state index is 11.2. The summed E-state index contributed by atoms with van der Waals surface area (Å²) in [6.45, 7) is 3.60. The molecule has 0 amide bonds. The minimum Gasteiger partial charge on any atom is -0.406 e. The molecule has 0 atom stereocenters. The monoisotopic (exact) mass is 253 g/mol. The van der Waals surface area contributed by atoms with Crippen LogP contribution < -0.4 is 16.0 Å². The van der Waals surface area contributed by atoms with Crippen LogP contribution in [-0.2, 0) is 0 Å². The highest BCUT2D eigenvalue weighted by atomic mass is 35.5. The molecular formula is C11H12ClN3O2. The van der Waals surface area contributed by atoms with E-state index in [2.05, 4.69) is 15.2 Å². The van der Waals surface area contributed by atoms with Gasteiger partial charge in [0.2, 0.25) is 0 Å². The first-order chi connectivity index (χ1) is 8.24. The van der Waals surface area contributed by atoms with E-state index in [1.807, 2.05) is 6.07 Å². The van der Waals surface area contributed by atoms with Crippen LogP contribution in [0.5, 0.6) is 0 Å². The number of nitrogens with one attached hydrogen (secondary N) is 2. The number of hydrogen-bond donors (Lipinski definition) is 2. The van der Waals surface area contributed by atoms with Gasteiger partial charge in [-0.15, -0.1) is 0 Å². The molecule has 2 aromatic rings. The van der Waals surface area contributed by atoms with Gasteiger partial charge in [-0.3, -0.25) is 4.98 Å². The minimum atomic E-state index is -0.446. The van der Waals surface area contributed by atoms with Crippen molar-refractivity contribution in [2.75, 3.05) is 31.1 Å². The van der Waals surface area contributed by atoms with E-state index >= 15 is 0 Å². The molecule has 90 valence electrons. The Balaban J connectivity index is 2.15. The Labute approximate surface area is 102 Å². The molecule has 0 unspecified atom stereocenters. The van der Waals surface area contributed by atoms with Gasteiger partial charge in [-0.25, -0.2) is 4.79 Å². The van der Waals surface area contributed by atoms with Crippen molar-refractivity contribution < 1.29 is 4.42 Å². The van der Waals surface area contributed by atoms with E-state index in [0.29, 0.717) is 16.1 Å². The van der Waals surface area contributed by atoms with E-state index in [4.69, 9.17) is 16.0 Å². The molecule has 1 aromatic carbocycles. The van der Waals surface area contributed by atoms with Gasteiger partial charge >= 0.3 is 5.76 Å². The zero-order valence-corrected chi connectivity index (χ0v) is 9.88. The predicted molar refractivity (Wildman–Crippen MR) is 66.9 cm³/mol. The van der Waals surface area contributed by atoms with Crippen LogP contribution in [0.2, 0.25) is 5.02 Å². The molecule has 0 saturated carbocycles. The molecule has 1 aliphatic heterocycles. The van der Waals surface area contributed by atoms with E-state index in [-0.39, 0.29) is 0 Å². The van der Waals surface area contributed by atoms with E-state index in [1.54, 1.807) is 6.07 Å². The smallest absolute Gasteiger partial charge is 0.406 e. The summed E-state index contributed by atoms with van der Waals surface area (Å²) in [4.78, 5) is 16.0. The Kier molecular flexibility index (Phi) is 2.57. The third-order valence-electron chi connectivity index (χ3n) is 2.92. The average Bonchev–Trinajstić information content (AvgIpc) is 2.69. The van der Waals surface area contributed by atoms with Crippen LogP contribution in [0.4, 0.5) is 5.69 Å². The molecule has 2 heterocycles. The SMILES string of the molecule is O=c1[nH]c2cc(Cl)cc(N3CCNCC3)c2o1. The highest BCUT2D eigenvalue weighted by molar-refractivity contribution is 6.31. The molecule has 1 saturated heterocycles. The van der Waals surface area contributed by atoms with Gasteiger partial charge in [0.25, 0.3) is 0 Å². The van der Waals surface area contributed by atoms with E-state index in [1.165, 1.54) is 0 Å². The number of fused-ring (bicyclic) bond motifs is 1. The number of rotatable bonds is 1. The number of nitrogens with zero attached hydrogens (tertiary/aromatic N) is 1. The molecular weight excluding hydrogens is 242 g/mol. The van der Waals surface area contributed by atoms with E-state index in [0.717, 1.165) is 31.9 Å². The van der Waals surface area contributed by atoms with Crippen molar-refractivity contribution >= 4 is 28.4 Å². The Hall–Kier alpha value is -1.46. The summed E-state index contributed by atoms with van der Waals surface area (Å²) in [5, 5.41) is 3.88. The number of oxazole rings is 1. The van der Waals surface area contributed by atoms with Crippen LogP contribution in [-0.4, -0.2) is 31.2 Å². The van der Waals surface area contributed by atoms with Crippen LogP contribution in [0.1, 0.15) is 0 Å². The molecule has 0 radical (unpaired) electrons. The standard InChI is InChI=1S/C11H12ClN3O2/c12-7-5-8-10(17-11(16)14-8)9(6-7)15-3-1-13-2-4-15/h5-6,13H,1-4H2,(H,14,16). The first-order valence-corrected chi connectivity index (χ1v) is 5.90. The first-order valence-electron chi connectivity index (χ1n) is 5.52. The van der Waals surface area contributed by atoms with E-state index in [9.17, 15) is 4.79 Å². The van der Waals surface area contributed by atoms with Crippen LogP contribution in [0.3, 0.4) is 0 Å². The summed E-state index contributed by atoms with van der Waals surface area (Å²) in [7, 11) is 0. The van der Waals surface area contributed by atoms with Crippen molar-refractivity contribution in [2.45, 2.75) is 0 Å². The van der Waals surface area contributed by atoms with Crippen molar-refractivity contribution in [3.63, 3.8) is 0 Å². The molecule has 0 spiro atoms. The summed E-state index contributed by atoms with van der Waals surface area (Å²) in [5.41, 5.74) is 2.12. The topological polar surface area (TPSA) is 61.3 Å². The highest BCUT2D eigenvalue weighted by Gasteiger charge is 2.17. The fraction of sp³-hybridized carbons (Fsp3) is 0.364. The Morgan fingerprint density at radius 3 is 2.82 bits per heavy atom.